The molecular formula is C34H45BN2O5. The van der Waals surface area contributed by atoms with Crippen molar-refractivity contribution in [3.8, 4) is 11.1 Å². The maximum atomic E-state index is 13.2. The molecule has 6 atom stereocenters. The van der Waals surface area contributed by atoms with E-state index in [0.29, 0.717) is 17.8 Å². The molecule has 2 aromatic carbocycles. The van der Waals surface area contributed by atoms with Crippen molar-refractivity contribution in [2.24, 2.45) is 28.9 Å². The van der Waals surface area contributed by atoms with Gasteiger partial charge in [-0.05, 0) is 78.0 Å². The second-order valence-electron chi connectivity index (χ2n) is 14.1. The fourth-order valence-electron chi connectivity index (χ4n) is 8.20. The molecule has 42 heavy (non-hydrogen) atoms. The number of carbonyl (C=O) groups excluding carboxylic acids is 2. The fourth-order valence-corrected chi connectivity index (χ4v) is 8.20. The number of nitrogens with two attached hydrogens (primary N) is 1. The van der Waals surface area contributed by atoms with Gasteiger partial charge in [0.05, 0.1) is 23.7 Å². The van der Waals surface area contributed by atoms with E-state index in [4.69, 9.17) is 19.8 Å². The lowest BCUT2D eigenvalue weighted by Gasteiger charge is -2.64. The van der Waals surface area contributed by atoms with Gasteiger partial charge in [-0.3, -0.25) is 9.59 Å². The van der Waals surface area contributed by atoms with Crippen LogP contribution in [0.3, 0.4) is 0 Å². The Balaban J connectivity index is 1.02. The van der Waals surface area contributed by atoms with E-state index in [0.717, 1.165) is 12.8 Å². The third-order valence-corrected chi connectivity index (χ3v) is 10.7. The molecule has 224 valence electrons. The Hall–Kier alpha value is -2.68. The third kappa shape index (κ3) is 5.09. The number of amides is 1. The van der Waals surface area contributed by atoms with Crippen molar-refractivity contribution in [2.75, 3.05) is 6.61 Å². The second-order valence-corrected chi connectivity index (χ2v) is 14.1. The Morgan fingerprint density at radius 2 is 1.69 bits per heavy atom. The highest BCUT2D eigenvalue weighted by atomic mass is 16.7. The van der Waals surface area contributed by atoms with Crippen LogP contribution < -0.4 is 11.1 Å². The van der Waals surface area contributed by atoms with Crippen LogP contribution in [-0.4, -0.2) is 49.3 Å². The fraction of sp³-hybridized carbons (Fsp3) is 0.588. The van der Waals surface area contributed by atoms with Crippen LogP contribution in [0.4, 0.5) is 0 Å². The Kier molecular flexibility index (Phi) is 7.78. The van der Waals surface area contributed by atoms with E-state index in [2.05, 4.69) is 64.2 Å². The van der Waals surface area contributed by atoms with Crippen LogP contribution in [-0.2, 0) is 23.6 Å². The molecule has 0 unspecified atom stereocenters. The number of hydrogen-bond acceptors (Lipinski definition) is 6. The molecule has 7 rings (SSSR count). The van der Waals surface area contributed by atoms with E-state index in [1.807, 2.05) is 24.3 Å². The normalized spacial score (nSPS) is 28.4. The van der Waals surface area contributed by atoms with Crippen molar-refractivity contribution in [1.29, 1.82) is 0 Å². The number of nitrogens with one attached hydrogen (secondary N) is 1. The van der Waals surface area contributed by atoms with E-state index < -0.39 is 13.2 Å². The lowest BCUT2D eigenvalue weighted by atomic mass is 9.43. The van der Waals surface area contributed by atoms with Gasteiger partial charge in [0.25, 0.3) is 0 Å². The summed E-state index contributed by atoms with van der Waals surface area (Å²) in [5.41, 5.74) is 10.9. The molecule has 0 radical (unpaired) electrons. The zero-order valence-electron chi connectivity index (χ0n) is 25.6. The summed E-state index contributed by atoms with van der Waals surface area (Å²) in [4.78, 5) is 26.0. The molecule has 2 bridgehead atoms. The standard InChI is InChI=1S/C34H45BN2O5/c1-20(2)16-30(35-41-29-18-21-17-28(33(21,3)4)34(29,5)42-35)37-32(39)27(36)14-15-31(38)40-19-26-24-12-8-6-10-22(24)23-11-7-9-13-25(23)26/h6-13,20-21,26-30H,14-19,36H2,1-5H3,(H,37,39)/t21-,27-,28-,29+,30-,34-/m0/s1. The van der Waals surface area contributed by atoms with Gasteiger partial charge in [0.1, 0.15) is 6.61 Å². The van der Waals surface area contributed by atoms with Crippen LogP contribution in [0, 0.1) is 23.2 Å². The number of ether oxygens (including phenoxy) is 1. The summed E-state index contributed by atoms with van der Waals surface area (Å²) in [5.74, 6) is 0.509. The lowest BCUT2D eigenvalue weighted by molar-refractivity contribution is -0.199. The number of esters is 1. The molecular weight excluding hydrogens is 527 g/mol. The zero-order chi connectivity index (χ0) is 29.8. The molecule has 4 fully saturated rings. The minimum Gasteiger partial charge on any atom is -0.465 e. The van der Waals surface area contributed by atoms with E-state index in [1.54, 1.807) is 0 Å². The first-order chi connectivity index (χ1) is 20.0. The van der Waals surface area contributed by atoms with E-state index >= 15 is 0 Å². The average Bonchev–Trinajstić information content (AvgIpc) is 3.48. The summed E-state index contributed by atoms with van der Waals surface area (Å²) in [6.45, 7) is 11.4. The second kappa shape index (κ2) is 11.1. The van der Waals surface area contributed by atoms with Gasteiger partial charge in [-0.25, -0.2) is 0 Å². The summed E-state index contributed by atoms with van der Waals surface area (Å²) in [7, 11) is -0.504. The highest BCUT2D eigenvalue weighted by Crippen LogP contribution is 2.65. The summed E-state index contributed by atoms with van der Waals surface area (Å²) < 4.78 is 18.9. The number of fused-ring (bicyclic) bond motifs is 3. The van der Waals surface area contributed by atoms with Crippen LogP contribution >= 0.6 is 0 Å². The number of hydrogen-bond donors (Lipinski definition) is 2. The summed E-state index contributed by atoms with van der Waals surface area (Å²) in [6.07, 6.45) is 3.23. The highest BCUT2D eigenvalue weighted by Gasteiger charge is 2.68. The zero-order valence-corrected chi connectivity index (χ0v) is 25.6. The van der Waals surface area contributed by atoms with Crippen LogP contribution in [0.15, 0.2) is 48.5 Å². The number of carbonyl (C=O) groups is 2. The van der Waals surface area contributed by atoms with Crippen LogP contribution in [0.5, 0.6) is 0 Å². The molecule has 1 saturated heterocycles. The van der Waals surface area contributed by atoms with Crippen LogP contribution in [0.25, 0.3) is 11.1 Å². The minimum absolute atomic E-state index is 0.00331. The third-order valence-electron chi connectivity index (χ3n) is 10.7. The Bertz CT molecular complexity index is 1300. The maximum absolute atomic E-state index is 13.2. The molecule has 3 saturated carbocycles. The first-order valence-corrected chi connectivity index (χ1v) is 15.7. The number of rotatable bonds is 10. The van der Waals surface area contributed by atoms with Crippen molar-refractivity contribution >= 4 is 19.0 Å². The number of benzene rings is 2. The monoisotopic (exact) mass is 572 g/mol. The highest BCUT2D eigenvalue weighted by molar-refractivity contribution is 6.47. The van der Waals surface area contributed by atoms with E-state index in [9.17, 15) is 9.59 Å². The van der Waals surface area contributed by atoms with Crippen LogP contribution in [0.2, 0.25) is 0 Å². The molecule has 0 spiro atoms. The molecule has 2 aromatic rings. The van der Waals surface area contributed by atoms with E-state index in [-0.39, 0.29) is 60.3 Å². The van der Waals surface area contributed by atoms with Crippen molar-refractivity contribution in [3.63, 3.8) is 0 Å². The first-order valence-electron chi connectivity index (χ1n) is 15.7. The summed E-state index contributed by atoms with van der Waals surface area (Å²) in [5, 5.41) is 3.12. The predicted octanol–water partition coefficient (Wildman–Crippen LogP) is 5.25. The van der Waals surface area contributed by atoms with Crippen molar-refractivity contribution in [3.05, 3.63) is 59.7 Å². The summed E-state index contributed by atoms with van der Waals surface area (Å²) >= 11 is 0. The van der Waals surface area contributed by atoms with Crippen LogP contribution in [0.1, 0.15) is 83.8 Å². The topological polar surface area (TPSA) is 99.9 Å². The van der Waals surface area contributed by atoms with Gasteiger partial charge >= 0.3 is 13.1 Å². The molecule has 8 heteroatoms. The summed E-state index contributed by atoms with van der Waals surface area (Å²) in [6, 6.07) is 15.7. The molecule has 7 nitrogen and oxygen atoms in total. The molecule has 3 N–H and O–H groups in total. The molecule has 1 heterocycles. The van der Waals surface area contributed by atoms with E-state index in [1.165, 1.54) is 28.7 Å². The maximum Gasteiger partial charge on any atom is 0.481 e. The van der Waals surface area contributed by atoms with Gasteiger partial charge in [0.2, 0.25) is 5.91 Å². The molecule has 5 aliphatic rings. The SMILES string of the molecule is CC(C)C[C@H](NC(=O)[C@@H](N)CCC(=O)OCC1c2ccccc2-c2ccccc21)B1O[C@@H]2C[C@@H]3C[C@@H](C3(C)C)[C@]2(C)O1. The van der Waals surface area contributed by atoms with Gasteiger partial charge in [-0.15, -0.1) is 0 Å². The van der Waals surface area contributed by atoms with Gasteiger partial charge in [-0.2, -0.15) is 0 Å². The molecule has 1 aliphatic heterocycles. The van der Waals surface area contributed by atoms with Gasteiger partial charge in [0, 0.05) is 12.3 Å². The Labute approximate surface area is 250 Å². The van der Waals surface area contributed by atoms with Gasteiger partial charge in [-0.1, -0.05) is 76.2 Å². The largest absolute Gasteiger partial charge is 0.481 e. The Morgan fingerprint density at radius 1 is 1.05 bits per heavy atom. The van der Waals surface area contributed by atoms with Crippen molar-refractivity contribution in [2.45, 2.75) is 96.3 Å². The van der Waals surface area contributed by atoms with Crippen molar-refractivity contribution < 1.29 is 23.6 Å². The average molecular weight is 573 g/mol. The van der Waals surface area contributed by atoms with Gasteiger partial charge < -0.3 is 25.1 Å². The predicted molar refractivity (Wildman–Crippen MR) is 163 cm³/mol. The molecule has 4 aliphatic carbocycles. The first kappa shape index (κ1) is 29.4. The smallest absolute Gasteiger partial charge is 0.465 e. The molecule has 0 aromatic heterocycles. The minimum atomic E-state index is -0.828. The van der Waals surface area contributed by atoms with Crippen molar-refractivity contribution in [1.82, 2.24) is 5.32 Å². The molecule has 1 amide bonds. The Morgan fingerprint density at radius 3 is 2.31 bits per heavy atom. The quantitative estimate of drug-likeness (QED) is 0.298. The van der Waals surface area contributed by atoms with Gasteiger partial charge in [0.15, 0.2) is 0 Å². The lowest BCUT2D eigenvalue weighted by Crippen LogP contribution is -2.65.